The van der Waals surface area contributed by atoms with E-state index in [1.807, 2.05) is 0 Å². The number of nitrogens with zero attached hydrogens (tertiary/aromatic N) is 2. The molecule has 0 fully saturated rings. The Morgan fingerprint density at radius 1 is 1.04 bits per heavy atom. The van der Waals surface area contributed by atoms with Crippen molar-refractivity contribution in [2.24, 2.45) is 0 Å². The molecule has 1 amide bonds. The zero-order valence-corrected chi connectivity index (χ0v) is 14.4. The smallest absolute Gasteiger partial charge is 0.416 e. The fourth-order valence-corrected chi connectivity index (χ4v) is 2.27. The predicted molar refractivity (Wildman–Crippen MR) is 92.6 cm³/mol. The van der Waals surface area contributed by atoms with E-state index in [2.05, 4.69) is 15.3 Å². The highest BCUT2D eigenvalue weighted by Gasteiger charge is 2.30. The largest absolute Gasteiger partial charge is 0.424 e. The first-order valence-corrected chi connectivity index (χ1v) is 7.98. The van der Waals surface area contributed by atoms with Gasteiger partial charge in [-0.2, -0.15) is 18.2 Å². The van der Waals surface area contributed by atoms with Crippen LogP contribution >= 0.6 is 0 Å². The maximum Gasteiger partial charge on any atom is 0.416 e. The van der Waals surface area contributed by atoms with Crippen LogP contribution in [-0.2, 0) is 6.18 Å². The summed E-state index contributed by atoms with van der Waals surface area (Å²) in [5.41, 5.74) is -0.213. The SMILES string of the molecule is Cc1cc(C(=O)Nc2ccc(F)cc2)nc(Oc2cccc(C(F)(F)F)c2)n1. The molecule has 0 radical (unpaired) electrons. The van der Waals surface area contributed by atoms with Crippen LogP contribution in [0.5, 0.6) is 11.8 Å². The topological polar surface area (TPSA) is 64.1 Å². The van der Waals surface area contributed by atoms with Crippen molar-refractivity contribution in [1.29, 1.82) is 0 Å². The van der Waals surface area contributed by atoms with Crippen molar-refractivity contribution < 1.29 is 27.1 Å². The molecule has 0 saturated carbocycles. The van der Waals surface area contributed by atoms with Gasteiger partial charge in [-0.25, -0.2) is 9.37 Å². The first-order chi connectivity index (χ1) is 13.2. The van der Waals surface area contributed by atoms with Crippen LogP contribution in [-0.4, -0.2) is 15.9 Å². The molecule has 3 rings (SSSR count). The number of alkyl halides is 3. The van der Waals surface area contributed by atoms with E-state index in [9.17, 15) is 22.4 Å². The molecule has 2 aromatic carbocycles. The molecular weight excluding hydrogens is 378 g/mol. The maximum atomic E-state index is 12.9. The quantitative estimate of drug-likeness (QED) is 0.637. The van der Waals surface area contributed by atoms with Gasteiger partial charge < -0.3 is 10.1 Å². The van der Waals surface area contributed by atoms with Crippen molar-refractivity contribution in [2.45, 2.75) is 13.1 Å². The van der Waals surface area contributed by atoms with E-state index < -0.39 is 23.5 Å². The third-order valence-corrected chi connectivity index (χ3v) is 3.54. The van der Waals surface area contributed by atoms with E-state index in [4.69, 9.17) is 4.74 Å². The number of aromatic nitrogens is 2. The Bertz CT molecular complexity index is 1000. The molecule has 144 valence electrons. The van der Waals surface area contributed by atoms with Gasteiger partial charge >= 0.3 is 12.2 Å². The van der Waals surface area contributed by atoms with Crippen LogP contribution in [0.1, 0.15) is 21.7 Å². The van der Waals surface area contributed by atoms with Crippen LogP contribution in [0.3, 0.4) is 0 Å². The standard InChI is InChI=1S/C19H13F4N3O2/c1-11-9-16(17(27)25-14-7-5-13(20)6-8-14)26-18(24-11)28-15-4-2-3-12(10-15)19(21,22)23/h2-10H,1H3,(H,25,27). The molecule has 0 aliphatic heterocycles. The fourth-order valence-electron chi connectivity index (χ4n) is 2.27. The summed E-state index contributed by atoms with van der Waals surface area (Å²) >= 11 is 0. The molecule has 9 heteroatoms. The minimum absolute atomic E-state index is 0.0567. The number of amides is 1. The number of aryl methyl sites for hydroxylation is 1. The second-order valence-electron chi connectivity index (χ2n) is 5.77. The Kier molecular flexibility index (Phi) is 5.25. The number of ether oxygens (including phenoxy) is 1. The molecule has 1 heterocycles. The van der Waals surface area contributed by atoms with Crippen LogP contribution in [0.4, 0.5) is 23.2 Å². The van der Waals surface area contributed by atoms with E-state index in [1.54, 1.807) is 6.92 Å². The van der Waals surface area contributed by atoms with Gasteiger partial charge in [0, 0.05) is 11.4 Å². The third-order valence-electron chi connectivity index (χ3n) is 3.54. The van der Waals surface area contributed by atoms with Gasteiger partial charge in [-0.05, 0) is 55.5 Å². The predicted octanol–water partition coefficient (Wildman–Crippen LogP) is 4.99. The highest BCUT2D eigenvalue weighted by atomic mass is 19.4. The highest BCUT2D eigenvalue weighted by molar-refractivity contribution is 6.02. The van der Waals surface area contributed by atoms with E-state index in [1.165, 1.54) is 42.5 Å². The summed E-state index contributed by atoms with van der Waals surface area (Å²) in [5, 5.41) is 2.53. The number of hydrogen-bond donors (Lipinski definition) is 1. The Labute approximate surface area is 157 Å². The van der Waals surface area contributed by atoms with Gasteiger partial charge in [0.2, 0.25) is 0 Å². The number of carbonyl (C=O) groups is 1. The second-order valence-corrected chi connectivity index (χ2v) is 5.77. The van der Waals surface area contributed by atoms with Gasteiger partial charge in [0.05, 0.1) is 5.56 Å². The average molecular weight is 391 g/mol. The number of carbonyl (C=O) groups excluding carboxylic acids is 1. The third kappa shape index (κ3) is 4.81. The van der Waals surface area contributed by atoms with Gasteiger partial charge in [-0.1, -0.05) is 6.07 Å². The van der Waals surface area contributed by atoms with Crippen LogP contribution in [0.15, 0.2) is 54.6 Å². The Balaban J connectivity index is 1.81. The Hall–Kier alpha value is -3.49. The molecule has 3 aromatic rings. The molecule has 1 N–H and O–H groups in total. The molecule has 1 aromatic heterocycles. The number of anilines is 1. The first-order valence-electron chi connectivity index (χ1n) is 7.98. The number of hydrogen-bond acceptors (Lipinski definition) is 4. The number of halogens is 4. The number of rotatable bonds is 4. The van der Waals surface area contributed by atoms with Crippen molar-refractivity contribution in [1.82, 2.24) is 9.97 Å². The average Bonchev–Trinajstić information content (AvgIpc) is 2.62. The lowest BCUT2D eigenvalue weighted by Gasteiger charge is -2.10. The van der Waals surface area contributed by atoms with Crippen LogP contribution in [0.2, 0.25) is 0 Å². The second kappa shape index (κ2) is 7.63. The summed E-state index contributed by atoms with van der Waals surface area (Å²) in [6.45, 7) is 1.58. The lowest BCUT2D eigenvalue weighted by molar-refractivity contribution is -0.137. The molecule has 0 spiro atoms. The fraction of sp³-hybridized carbons (Fsp3) is 0.105. The summed E-state index contributed by atoms with van der Waals surface area (Å²) in [7, 11) is 0. The highest BCUT2D eigenvalue weighted by Crippen LogP contribution is 2.32. The maximum absolute atomic E-state index is 12.9. The first kappa shape index (κ1) is 19.3. The van der Waals surface area contributed by atoms with E-state index in [0.29, 0.717) is 11.4 Å². The zero-order valence-electron chi connectivity index (χ0n) is 14.4. The molecule has 0 saturated heterocycles. The molecular formula is C19H13F4N3O2. The Morgan fingerprint density at radius 2 is 1.75 bits per heavy atom. The van der Waals surface area contributed by atoms with E-state index in [0.717, 1.165) is 12.1 Å². The van der Waals surface area contributed by atoms with Gasteiger partial charge in [0.1, 0.15) is 17.3 Å². The number of benzene rings is 2. The van der Waals surface area contributed by atoms with Crippen molar-refractivity contribution in [3.8, 4) is 11.8 Å². The molecule has 0 bridgehead atoms. The molecule has 5 nitrogen and oxygen atoms in total. The minimum Gasteiger partial charge on any atom is -0.424 e. The van der Waals surface area contributed by atoms with Crippen molar-refractivity contribution >= 4 is 11.6 Å². The molecule has 0 aliphatic carbocycles. The summed E-state index contributed by atoms with van der Waals surface area (Å²) in [5.74, 6) is -1.18. The van der Waals surface area contributed by atoms with Crippen molar-refractivity contribution in [3.05, 3.63) is 77.4 Å². The molecule has 0 unspecified atom stereocenters. The summed E-state index contributed by atoms with van der Waals surface area (Å²) in [4.78, 5) is 20.3. The van der Waals surface area contributed by atoms with Gasteiger partial charge in [-0.3, -0.25) is 4.79 Å². The van der Waals surface area contributed by atoms with E-state index in [-0.39, 0.29) is 17.5 Å². The van der Waals surface area contributed by atoms with Gasteiger partial charge in [0.15, 0.2) is 0 Å². The van der Waals surface area contributed by atoms with Crippen LogP contribution in [0.25, 0.3) is 0 Å². The van der Waals surface area contributed by atoms with E-state index >= 15 is 0 Å². The van der Waals surface area contributed by atoms with Crippen LogP contribution < -0.4 is 10.1 Å². The van der Waals surface area contributed by atoms with Gasteiger partial charge in [-0.15, -0.1) is 0 Å². The molecule has 0 atom stereocenters. The van der Waals surface area contributed by atoms with Crippen molar-refractivity contribution in [2.75, 3.05) is 5.32 Å². The summed E-state index contributed by atoms with van der Waals surface area (Å²) in [6.07, 6.45) is -4.52. The van der Waals surface area contributed by atoms with Crippen molar-refractivity contribution in [3.63, 3.8) is 0 Å². The zero-order chi connectivity index (χ0) is 20.3. The molecule has 28 heavy (non-hydrogen) atoms. The van der Waals surface area contributed by atoms with Crippen LogP contribution in [0, 0.1) is 12.7 Å². The monoisotopic (exact) mass is 391 g/mol. The minimum atomic E-state index is -4.52. The summed E-state index contributed by atoms with van der Waals surface area (Å²) < 4.78 is 56.7. The Morgan fingerprint density at radius 3 is 2.43 bits per heavy atom. The lowest BCUT2D eigenvalue weighted by atomic mass is 10.2. The lowest BCUT2D eigenvalue weighted by Crippen LogP contribution is -2.15. The number of nitrogens with one attached hydrogen (secondary N) is 1. The van der Waals surface area contributed by atoms with Gasteiger partial charge in [0.25, 0.3) is 5.91 Å². The molecule has 0 aliphatic rings. The normalized spacial score (nSPS) is 11.2. The summed E-state index contributed by atoms with van der Waals surface area (Å²) in [6, 6.07) is 10.5.